The van der Waals surface area contributed by atoms with Crippen LogP contribution in [0.3, 0.4) is 0 Å². The Balaban J connectivity index is 1.73. The average Bonchev–Trinajstić information content (AvgIpc) is 2.76. The third-order valence-electron chi connectivity index (χ3n) is 4.77. The van der Waals surface area contributed by atoms with Crippen molar-refractivity contribution in [3.63, 3.8) is 0 Å². The molecule has 114 valence electrons. The first-order valence-corrected chi connectivity index (χ1v) is 7.96. The zero-order chi connectivity index (χ0) is 15.0. The minimum absolute atomic E-state index is 0.141. The lowest BCUT2D eigenvalue weighted by Gasteiger charge is -2.32. The summed E-state index contributed by atoms with van der Waals surface area (Å²) in [5.74, 6) is 0.709. The zero-order valence-electron chi connectivity index (χ0n) is 12.1. The number of carbonyl (C=O) groups is 1. The Morgan fingerprint density at radius 3 is 2.86 bits per heavy atom. The van der Waals surface area contributed by atoms with Crippen molar-refractivity contribution in [2.24, 2.45) is 11.8 Å². The highest BCUT2D eigenvalue weighted by molar-refractivity contribution is 6.30. The molecule has 0 bridgehead atoms. The van der Waals surface area contributed by atoms with Crippen LogP contribution in [0.15, 0.2) is 18.2 Å². The fourth-order valence-corrected chi connectivity index (χ4v) is 4.05. The summed E-state index contributed by atoms with van der Waals surface area (Å²) in [7, 11) is 0. The van der Waals surface area contributed by atoms with E-state index in [-0.39, 0.29) is 11.1 Å². The Labute approximate surface area is 129 Å². The lowest BCUT2D eigenvalue weighted by atomic mass is 9.80. The standard InChI is InChI=1S/C16H20ClFN2O/c1-10-9-20(15-5-3-2-4-14(10)15)16(21)19-13-7-11(17)6-12(18)8-13/h6-8,10,14-15H,2-5,9H2,1H3,(H,19,21). The molecule has 1 aromatic rings. The van der Waals surface area contributed by atoms with E-state index >= 15 is 0 Å². The first-order valence-electron chi connectivity index (χ1n) is 7.58. The van der Waals surface area contributed by atoms with Crippen LogP contribution in [-0.2, 0) is 0 Å². The molecule has 3 atom stereocenters. The second-order valence-electron chi connectivity index (χ2n) is 6.23. The zero-order valence-corrected chi connectivity index (χ0v) is 12.9. The molecule has 1 saturated heterocycles. The molecule has 1 saturated carbocycles. The number of urea groups is 1. The molecule has 1 aliphatic heterocycles. The van der Waals surface area contributed by atoms with E-state index in [0.29, 0.717) is 23.6 Å². The molecule has 1 heterocycles. The van der Waals surface area contributed by atoms with Crippen molar-refractivity contribution >= 4 is 23.3 Å². The van der Waals surface area contributed by atoms with Crippen LogP contribution in [0, 0.1) is 17.7 Å². The summed E-state index contributed by atoms with van der Waals surface area (Å²) in [5, 5.41) is 3.07. The van der Waals surface area contributed by atoms with Crippen LogP contribution >= 0.6 is 11.6 Å². The molecule has 5 heteroatoms. The first-order chi connectivity index (χ1) is 10.0. The van der Waals surface area contributed by atoms with Crippen LogP contribution in [0.4, 0.5) is 14.9 Å². The summed E-state index contributed by atoms with van der Waals surface area (Å²) < 4.78 is 13.3. The average molecular weight is 311 g/mol. The van der Waals surface area contributed by atoms with Crippen LogP contribution in [-0.4, -0.2) is 23.5 Å². The van der Waals surface area contributed by atoms with Gasteiger partial charge in [-0.2, -0.15) is 0 Å². The predicted octanol–water partition coefficient (Wildman–Crippen LogP) is 4.52. The van der Waals surface area contributed by atoms with E-state index < -0.39 is 5.82 Å². The highest BCUT2D eigenvalue weighted by Gasteiger charge is 2.42. The Hall–Kier alpha value is -1.29. The highest BCUT2D eigenvalue weighted by Crippen LogP contribution is 2.39. The van der Waals surface area contributed by atoms with Crippen molar-refractivity contribution in [2.75, 3.05) is 11.9 Å². The largest absolute Gasteiger partial charge is 0.322 e. The van der Waals surface area contributed by atoms with Crippen molar-refractivity contribution < 1.29 is 9.18 Å². The number of carbonyl (C=O) groups excluding carboxylic acids is 1. The summed E-state index contributed by atoms with van der Waals surface area (Å²) >= 11 is 5.82. The summed E-state index contributed by atoms with van der Waals surface area (Å²) in [6, 6.07) is 4.28. The number of nitrogens with one attached hydrogen (secondary N) is 1. The van der Waals surface area contributed by atoms with Gasteiger partial charge in [-0.05, 0) is 42.9 Å². The van der Waals surface area contributed by atoms with Gasteiger partial charge in [-0.15, -0.1) is 0 Å². The van der Waals surface area contributed by atoms with Gasteiger partial charge in [0, 0.05) is 23.3 Å². The summed E-state index contributed by atoms with van der Waals surface area (Å²) in [6.07, 6.45) is 4.73. The molecule has 3 rings (SSSR count). The van der Waals surface area contributed by atoms with E-state index in [1.54, 1.807) is 6.07 Å². The van der Waals surface area contributed by atoms with Crippen molar-refractivity contribution in [1.82, 2.24) is 4.90 Å². The van der Waals surface area contributed by atoms with Crippen LogP contribution in [0.25, 0.3) is 0 Å². The number of fused-ring (bicyclic) bond motifs is 1. The monoisotopic (exact) mass is 310 g/mol. The van der Waals surface area contributed by atoms with Gasteiger partial charge in [0.05, 0.1) is 0 Å². The summed E-state index contributed by atoms with van der Waals surface area (Å²) in [6.45, 7) is 3.00. The molecular formula is C16H20ClFN2O. The molecule has 0 aromatic heterocycles. The fraction of sp³-hybridized carbons (Fsp3) is 0.562. The quantitative estimate of drug-likeness (QED) is 0.812. The molecule has 0 spiro atoms. The maximum Gasteiger partial charge on any atom is 0.322 e. The highest BCUT2D eigenvalue weighted by atomic mass is 35.5. The van der Waals surface area contributed by atoms with E-state index in [1.165, 1.54) is 31.4 Å². The number of hydrogen-bond donors (Lipinski definition) is 1. The van der Waals surface area contributed by atoms with Crippen LogP contribution < -0.4 is 5.32 Å². The van der Waals surface area contributed by atoms with Gasteiger partial charge in [-0.1, -0.05) is 31.4 Å². The number of hydrogen-bond acceptors (Lipinski definition) is 1. The topological polar surface area (TPSA) is 32.3 Å². The summed E-state index contributed by atoms with van der Waals surface area (Å²) in [4.78, 5) is 14.4. The van der Waals surface area contributed by atoms with Gasteiger partial charge in [0.15, 0.2) is 0 Å². The van der Waals surface area contributed by atoms with Gasteiger partial charge in [-0.3, -0.25) is 0 Å². The minimum atomic E-state index is -0.442. The fourth-order valence-electron chi connectivity index (χ4n) is 3.83. The molecule has 21 heavy (non-hydrogen) atoms. The van der Waals surface area contributed by atoms with E-state index in [2.05, 4.69) is 12.2 Å². The second-order valence-corrected chi connectivity index (χ2v) is 6.67. The van der Waals surface area contributed by atoms with Gasteiger partial charge in [0.1, 0.15) is 5.82 Å². The number of likely N-dealkylation sites (tertiary alicyclic amines) is 1. The third-order valence-corrected chi connectivity index (χ3v) is 4.99. The summed E-state index contributed by atoms with van der Waals surface area (Å²) in [5.41, 5.74) is 0.414. The van der Waals surface area contributed by atoms with E-state index in [9.17, 15) is 9.18 Å². The van der Waals surface area contributed by atoms with Crippen molar-refractivity contribution in [2.45, 2.75) is 38.6 Å². The van der Waals surface area contributed by atoms with Gasteiger partial charge in [0.2, 0.25) is 0 Å². The normalized spacial score (nSPS) is 28.3. The maximum atomic E-state index is 13.3. The predicted molar refractivity (Wildman–Crippen MR) is 82.0 cm³/mol. The maximum absolute atomic E-state index is 13.3. The van der Waals surface area contributed by atoms with Crippen molar-refractivity contribution in [3.05, 3.63) is 29.0 Å². The Bertz CT molecular complexity index is 531. The van der Waals surface area contributed by atoms with Crippen LogP contribution in [0.2, 0.25) is 5.02 Å². The van der Waals surface area contributed by atoms with E-state index in [4.69, 9.17) is 11.6 Å². The molecule has 3 nitrogen and oxygen atoms in total. The van der Waals surface area contributed by atoms with Crippen LogP contribution in [0.1, 0.15) is 32.6 Å². The lowest BCUT2D eigenvalue weighted by Crippen LogP contribution is -2.41. The van der Waals surface area contributed by atoms with Gasteiger partial charge in [0.25, 0.3) is 0 Å². The Morgan fingerprint density at radius 1 is 1.33 bits per heavy atom. The minimum Gasteiger partial charge on any atom is -0.321 e. The number of benzene rings is 1. The molecule has 3 unspecified atom stereocenters. The van der Waals surface area contributed by atoms with Crippen molar-refractivity contribution in [1.29, 1.82) is 0 Å². The second kappa shape index (κ2) is 5.84. The number of nitrogens with zero attached hydrogens (tertiary/aromatic N) is 1. The SMILES string of the molecule is CC1CN(C(=O)Nc2cc(F)cc(Cl)c2)C2CCCCC12. The van der Waals surface area contributed by atoms with Gasteiger partial charge < -0.3 is 10.2 Å². The molecule has 2 aliphatic rings. The van der Waals surface area contributed by atoms with E-state index in [0.717, 1.165) is 13.0 Å². The molecule has 1 aromatic carbocycles. The number of anilines is 1. The number of halogens is 2. The number of amides is 2. The van der Waals surface area contributed by atoms with Gasteiger partial charge >= 0.3 is 6.03 Å². The molecule has 2 fully saturated rings. The van der Waals surface area contributed by atoms with Gasteiger partial charge in [-0.25, -0.2) is 9.18 Å². The smallest absolute Gasteiger partial charge is 0.321 e. The molecule has 0 radical (unpaired) electrons. The third kappa shape index (κ3) is 3.00. The number of rotatable bonds is 1. The van der Waals surface area contributed by atoms with E-state index in [1.807, 2.05) is 4.90 Å². The Morgan fingerprint density at radius 2 is 2.10 bits per heavy atom. The van der Waals surface area contributed by atoms with Crippen LogP contribution in [0.5, 0.6) is 0 Å². The molecule has 1 N–H and O–H groups in total. The lowest BCUT2D eigenvalue weighted by molar-refractivity contribution is 0.180. The van der Waals surface area contributed by atoms with Crippen molar-refractivity contribution in [3.8, 4) is 0 Å². The molecular weight excluding hydrogens is 291 g/mol. The molecule has 1 aliphatic carbocycles. The Kier molecular flexibility index (Phi) is 4.07. The first kappa shape index (κ1) is 14.6. The molecule has 2 amide bonds.